The van der Waals surface area contributed by atoms with E-state index < -0.39 is 0 Å². The molecule has 1 aromatic carbocycles. The first-order chi connectivity index (χ1) is 10.2. The summed E-state index contributed by atoms with van der Waals surface area (Å²) < 4.78 is 5.85. The molecule has 1 aliphatic rings. The van der Waals surface area contributed by atoms with Gasteiger partial charge in [0.1, 0.15) is 5.75 Å². The summed E-state index contributed by atoms with van der Waals surface area (Å²) in [6, 6.07) is 10.8. The van der Waals surface area contributed by atoms with Gasteiger partial charge in [-0.25, -0.2) is 4.98 Å². The summed E-state index contributed by atoms with van der Waals surface area (Å²) in [5.74, 6) is 1.54. The van der Waals surface area contributed by atoms with E-state index in [4.69, 9.17) is 4.74 Å². The van der Waals surface area contributed by atoms with Crippen molar-refractivity contribution in [2.45, 2.75) is 45.7 Å². The van der Waals surface area contributed by atoms with Gasteiger partial charge in [0.15, 0.2) is 0 Å². The van der Waals surface area contributed by atoms with Gasteiger partial charge in [0, 0.05) is 24.8 Å². The molecule has 3 nitrogen and oxygen atoms in total. The number of aryl methyl sites for hydroxylation is 2. The zero-order valence-corrected chi connectivity index (χ0v) is 12.7. The maximum absolute atomic E-state index is 5.85. The molecule has 0 radical (unpaired) electrons. The summed E-state index contributed by atoms with van der Waals surface area (Å²) in [7, 11) is 0. The average molecular weight is 282 g/mol. The Morgan fingerprint density at radius 3 is 2.76 bits per heavy atom. The molecule has 0 atom stereocenters. The second-order valence-corrected chi connectivity index (χ2v) is 5.93. The monoisotopic (exact) mass is 282 g/mol. The Kier molecular flexibility index (Phi) is 4.20. The van der Waals surface area contributed by atoms with E-state index in [9.17, 15) is 0 Å². The Morgan fingerprint density at radius 1 is 1.14 bits per heavy atom. The molecule has 21 heavy (non-hydrogen) atoms. The maximum Gasteiger partial charge on any atom is 0.219 e. The fourth-order valence-corrected chi connectivity index (χ4v) is 2.63. The number of benzene rings is 1. The van der Waals surface area contributed by atoms with Gasteiger partial charge in [-0.2, -0.15) is 0 Å². The van der Waals surface area contributed by atoms with E-state index in [0.29, 0.717) is 11.9 Å². The van der Waals surface area contributed by atoms with Crippen molar-refractivity contribution >= 4 is 0 Å². The highest BCUT2D eigenvalue weighted by molar-refractivity contribution is 5.39. The highest BCUT2D eigenvalue weighted by Crippen LogP contribution is 2.28. The standard InChI is InChI=1S/C18H22N2O/c1-13(2)19-11-14-6-9-18(20-12-14)21-17-8-7-15-4-3-5-16(15)10-17/h6-10,12-13,19H,3-5,11H2,1-2H3. The van der Waals surface area contributed by atoms with Crippen LogP contribution in [0.15, 0.2) is 36.5 Å². The first kappa shape index (κ1) is 14.1. The van der Waals surface area contributed by atoms with E-state index in [1.165, 1.54) is 36.0 Å². The Balaban J connectivity index is 1.65. The third-order valence-electron chi connectivity index (χ3n) is 3.80. The Hall–Kier alpha value is -1.87. The first-order valence-corrected chi connectivity index (χ1v) is 7.69. The first-order valence-electron chi connectivity index (χ1n) is 7.69. The SMILES string of the molecule is CC(C)NCc1ccc(Oc2ccc3c(c2)CCC3)nc1. The van der Waals surface area contributed by atoms with Crippen molar-refractivity contribution in [2.24, 2.45) is 0 Å². The predicted octanol–water partition coefficient (Wildman–Crippen LogP) is 3.86. The molecule has 0 amide bonds. The van der Waals surface area contributed by atoms with Gasteiger partial charge in [0.2, 0.25) is 5.88 Å². The van der Waals surface area contributed by atoms with Crippen LogP contribution in [0.25, 0.3) is 0 Å². The van der Waals surface area contributed by atoms with E-state index >= 15 is 0 Å². The normalized spacial score (nSPS) is 13.5. The minimum atomic E-state index is 0.479. The Morgan fingerprint density at radius 2 is 2.00 bits per heavy atom. The number of rotatable bonds is 5. The van der Waals surface area contributed by atoms with Crippen molar-refractivity contribution in [2.75, 3.05) is 0 Å². The lowest BCUT2D eigenvalue weighted by Gasteiger charge is -2.09. The largest absolute Gasteiger partial charge is 0.439 e. The molecule has 2 aromatic rings. The fourth-order valence-electron chi connectivity index (χ4n) is 2.63. The van der Waals surface area contributed by atoms with Crippen molar-refractivity contribution in [1.82, 2.24) is 10.3 Å². The molecule has 110 valence electrons. The lowest BCUT2D eigenvalue weighted by molar-refractivity contribution is 0.461. The van der Waals surface area contributed by atoms with Crippen LogP contribution in [0.2, 0.25) is 0 Å². The lowest BCUT2D eigenvalue weighted by Crippen LogP contribution is -2.21. The molecule has 3 rings (SSSR count). The fraction of sp³-hybridized carbons (Fsp3) is 0.389. The molecule has 0 aliphatic heterocycles. The molecular formula is C18H22N2O. The highest BCUT2D eigenvalue weighted by atomic mass is 16.5. The summed E-state index contributed by atoms with van der Waals surface area (Å²) in [6.45, 7) is 5.11. The van der Waals surface area contributed by atoms with E-state index in [2.05, 4.69) is 42.3 Å². The molecule has 1 N–H and O–H groups in total. The summed E-state index contributed by atoms with van der Waals surface area (Å²) in [6.07, 6.45) is 5.50. The second kappa shape index (κ2) is 6.27. The second-order valence-electron chi connectivity index (χ2n) is 5.93. The number of pyridine rings is 1. The van der Waals surface area contributed by atoms with Crippen LogP contribution in [0.1, 0.15) is 37.0 Å². The van der Waals surface area contributed by atoms with Crippen molar-refractivity contribution in [3.63, 3.8) is 0 Å². The van der Waals surface area contributed by atoms with Crippen molar-refractivity contribution in [3.8, 4) is 11.6 Å². The molecule has 1 aliphatic carbocycles. The van der Waals surface area contributed by atoms with E-state index in [0.717, 1.165) is 12.3 Å². The highest BCUT2D eigenvalue weighted by Gasteiger charge is 2.11. The molecule has 3 heteroatoms. The summed E-state index contributed by atoms with van der Waals surface area (Å²) in [5.41, 5.74) is 4.06. The number of nitrogens with zero attached hydrogens (tertiary/aromatic N) is 1. The number of aromatic nitrogens is 1. The lowest BCUT2D eigenvalue weighted by atomic mass is 10.1. The summed E-state index contributed by atoms with van der Waals surface area (Å²) in [4.78, 5) is 4.38. The third-order valence-corrected chi connectivity index (χ3v) is 3.80. The number of fused-ring (bicyclic) bond motifs is 1. The van der Waals surface area contributed by atoms with Gasteiger partial charge in [-0.05, 0) is 48.1 Å². The van der Waals surface area contributed by atoms with Crippen LogP contribution < -0.4 is 10.1 Å². The van der Waals surface area contributed by atoms with Crippen LogP contribution in [-0.2, 0) is 19.4 Å². The van der Waals surface area contributed by atoms with Gasteiger partial charge in [-0.1, -0.05) is 26.0 Å². The van der Waals surface area contributed by atoms with Gasteiger partial charge in [-0.3, -0.25) is 0 Å². The van der Waals surface area contributed by atoms with Crippen molar-refractivity contribution in [1.29, 1.82) is 0 Å². The number of hydrogen-bond donors (Lipinski definition) is 1. The van der Waals surface area contributed by atoms with Crippen molar-refractivity contribution in [3.05, 3.63) is 53.2 Å². The summed E-state index contributed by atoms with van der Waals surface area (Å²) >= 11 is 0. The van der Waals surface area contributed by atoms with Gasteiger partial charge in [0.05, 0.1) is 0 Å². The van der Waals surface area contributed by atoms with Gasteiger partial charge >= 0.3 is 0 Å². The molecule has 0 fully saturated rings. The minimum absolute atomic E-state index is 0.479. The minimum Gasteiger partial charge on any atom is -0.439 e. The predicted molar refractivity (Wildman–Crippen MR) is 84.8 cm³/mol. The smallest absolute Gasteiger partial charge is 0.219 e. The number of hydrogen-bond acceptors (Lipinski definition) is 3. The molecule has 0 bridgehead atoms. The quantitative estimate of drug-likeness (QED) is 0.904. The molecule has 0 unspecified atom stereocenters. The molecule has 0 saturated carbocycles. The zero-order valence-electron chi connectivity index (χ0n) is 12.7. The van der Waals surface area contributed by atoms with Crippen LogP contribution in [-0.4, -0.2) is 11.0 Å². The molecule has 0 saturated heterocycles. The Bertz CT molecular complexity index is 605. The topological polar surface area (TPSA) is 34.1 Å². The van der Waals surface area contributed by atoms with Crippen LogP contribution in [0.3, 0.4) is 0 Å². The number of ether oxygens (including phenoxy) is 1. The van der Waals surface area contributed by atoms with Gasteiger partial charge in [-0.15, -0.1) is 0 Å². The van der Waals surface area contributed by atoms with Gasteiger partial charge in [0.25, 0.3) is 0 Å². The van der Waals surface area contributed by atoms with Crippen LogP contribution >= 0.6 is 0 Å². The van der Waals surface area contributed by atoms with Gasteiger partial charge < -0.3 is 10.1 Å². The molecule has 0 spiro atoms. The van der Waals surface area contributed by atoms with Crippen LogP contribution in [0, 0.1) is 0 Å². The molecule has 1 heterocycles. The zero-order chi connectivity index (χ0) is 14.7. The third kappa shape index (κ3) is 3.61. The summed E-state index contributed by atoms with van der Waals surface area (Å²) in [5, 5.41) is 3.38. The molecule has 1 aromatic heterocycles. The number of nitrogens with one attached hydrogen (secondary N) is 1. The van der Waals surface area contributed by atoms with Crippen LogP contribution in [0.4, 0.5) is 0 Å². The van der Waals surface area contributed by atoms with Crippen molar-refractivity contribution < 1.29 is 4.74 Å². The van der Waals surface area contributed by atoms with E-state index in [1.807, 2.05) is 18.3 Å². The Labute approximate surface area is 126 Å². The maximum atomic E-state index is 5.85. The van der Waals surface area contributed by atoms with Crippen LogP contribution in [0.5, 0.6) is 11.6 Å². The average Bonchev–Trinajstić information content (AvgIpc) is 2.94. The van der Waals surface area contributed by atoms with E-state index in [-0.39, 0.29) is 0 Å². The molecular weight excluding hydrogens is 260 g/mol. The van der Waals surface area contributed by atoms with E-state index in [1.54, 1.807) is 0 Å².